The van der Waals surface area contributed by atoms with Crippen LogP contribution in [0.15, 0.2) is 24.3 Å². The zero-order valence-electron chi connectivity index (χ0n) is 14.2. The highest BCUT2D eigenvalue weighted by atomic mass is 16.5. The third kappa shape index (κ3) is 4.61. The summed E-state index contributed by atoms with van der Waals surface area (Å²) in [5.74, 6) is 2.11. The van der Waals surface area contributed by atoms with Gasteiger partial charge in [0, 0.05) is 38.6 Å². The fourth-order valence-electron chi connectivity index (χ4n) is 2.95. The Kier molecular flexibility index (Phi) is 5.58. The van der Waals surface area contributed by atoms with Gasteiger partial charge in [-0.15, -0.1) is 0 Å². The van der Waals surface area contributed by atoms with Crippen molar-refractivity contribution in [1.29, 1.82) is 0 Å². The highest BCUT2D eigenvalue weighted by Gasteiger charge is 2.34. The van der Waals surface area contributed by atoms with Crippen LogP contribution in [0.25, 0.3) is 0 Å². The molecule has 0 radical (unpaired) electrons. The van der Waals surface area contributed by atoms with E-state index in [9.17, 15) is 9.90 Å². The molecule has 1 saturated carbocycles. The molecule has 1 amide bonds. The number of hydrogen-bond donors (Lipinski definition) is 1. The largest absolute Gasteiger partial charge is 0.497 e. The first-order valence-electron chi connectivity index (χ1n) is 8.62. The van der Waals surface area contributed by atoms with Crippen LogP contribution < -0.4 is 9.47 Å². The first-order valence-corrected chi connectivity index (χ1v) is 8.62. The van der Waals surface area contributed by atoms with Crippen LogP contribution in [-0.4, -0.2) is 73.4 Å². The molecule has 1 unspecified atom stereocenters. The molecule has 1 atom stereocenters. The Morgan fingerprint density at radius 2 is 1.79 bits per heavy atom. The second-order valence-corrected chi connectivity index (χ2v) is 6.54. The number of aliphatic hydroxyl groups excluding tert-OH is 1. The van der Waals surface area contributed by atoms with Gasteiger partial charge in [-0.2, -0.15) is 0 Å². The highest BCUT2D eigenvalue weighted by molar-refractivity contribution is 5.81. The van der Waals surface area contributed by atoms with E-state index in [1.165, 1.54) is 0 Å². The van der Waals surface area contributed by atoms with Crippen LogP contribution in [0, 0.1) is 5.92 Å². The molecule has 2 aliphatic rings. The lowest BCUT2D eigenvalue weighted by Gasteiger charge is -2.35. The molecule has 0 spiro atoms. The number of piperazine rings is 1. The van der Waals surface area contributed by atoms with E-state index in [4.69, 9.17) is 9.47 Å². The first-order chi connectivity index (χ1) is 11.7. The fraction of sp³-hybridized carbons (Fsp3) is 0.611. The maximum atomic E-state index is 12.0. The molecule has 3 rings (SSSR count). The molecular weight excluding hydrogens is 308 g/mol. The number of carbonyl (C=O) groups is 1. The number of ether oxygens (including phenoxy) is 2. The summed E-state index contributed by atoms with van der Waals surface area (Å²) in [6.45, 7) is 3.99. The summed E-state index contributed by atoms with van der Waals surface area (Å²) in [4.78, 5) is 16.2. The maximum absolute atomic E-state index is 12.0. The van der Waals surface area contributed by atoms with Crippen molar-refractivity contribution in [3.63, 3.8) is 0 Å². The molecule has 24 heavy (non-hydrogen) atoms. The fourth-order valence-corrected chi connectivity index (χ4v) is 2.95. The summed E-state index contributed by atoms with van der Waals surface area (Å²) in [5.41, 5.74) is 0. The molecule has 2 fully saturated rings. The Labute approximate surface area is 143 Å². The van der Waals surface area contributed by atoms with Gasteiger partial charge in [0.25, 0.3) is 0 Å². The Morgan fingerprint density at radius 3 is 2.38 bits per heavy atom. The van der Waals surface area contributed by atoms with E-state index >= 15 is 0 Å². The maximum Gasteiger partial charge on any atom is 0.225 e. The van der Waals surface area contributed by atoms with Crippen LogP contribution in [0.2, 0.25) is 0 Å². The van der Waals surface area contributed by atoms with Gasteiger partial charge in [-0.25, -0.2) is 0 Å². The monoisotopic (exact) mass is 334 g/mol. The Morgan fingerprint density at radius 1 is 1.17 bits per heavy atom. The average molecular weight is 334 g/mol. The number of methoxy groups -OCH3 is 1. The average Bonchev–Trinajstić information content (AvgIpc) is 3.45. The normalized spacial score (nSPS) is 19.8. The lowest BCUT2D eigenvalue weighted by molar-refractivity contribution is -0.134. The summed E-state index contributed by atoms with van der Waals surface area (Å²) in [7, 11) is 1.62. The van der Waals surface area contributed by atoms with E-state index in [0.717, 1.165) is 50.5 Å². The number of amides is 1. The number of carbonyl (C=O) groups excluding carboxylic acids is 1. The van der Waals surface area contributed by atoms with Crippen molar-refractivity contribution >= 4 is 5.91 Å². The second-order valence-electron chi connectivity index (χ2n) is 6.54. The molecule has 1 saturated heterocycles. The minimum absolute atomic E-state index is 0.257. The minimum atomic E-state index is -0.544. The third-order valence-corrected chi connectivity index (χ3v) is 4.58. The number of β-amino-alcohol motifs (C(OH)–C–C–N with tert-alkyl or cyclic N) is 1. The predicted octanol–water partition coefficient (Wildman–Crippen LogP) is 0.989. The van der Waals surface area contributed by atoms with Crippen LogP contribution in [0.1, 0.15) is 12.8 Å². The van der Waals surface area contributed by atoms with Crippen molar-refractivity contribution < 1.29 is 19.4 Å². The Hall–Kier alpha value is -1.79. The van der Waals surface area contributed by atoms with Crippen molar-refractivity contribution in [3.8, 4) is 11.5 Å². The molecule has 0 bridgehead atoms. The number of benzene rings is 1. The van der Waals surface area contributed by atoms with Crippen LogP contribution in [0.5, 0.6) is 11.5 Å². The van der Waals surface area contributed by atoms with Crippen molar-refractivity contribution in [3.05, 3.63) is 24.3 Å². The molecule has 6 heteroatoms. The van der Waals surface area contributed by atoms with Crippen LogP contribution in [0.3, 0.4) is 0 Å². The molecule has 1 heterocycles. The second kappa shape index (κ2) is 7.85. The Bertz CT molecular complexity index is 536. The molecule has 6 nitrogen and oxygen atoms in total. The van der Waals surface area contributed by atoms with Gasteiger partial charge in [-0.1, -0.05) is 0 Å². The predicted molar refractivity (Wildman–Crippen MR) is 90.2 cm³/mol. The van der Waals surface area contributed by atoms with Gasteiger partial charge in [0.1, 0.15) is 24.2 Å². The van der Waals surface area contributed by atoms with Gasteiger partial charge in [-0.3, -0.25) is 9.69 Å². The van der Waals surface area contributed by atoms with Crippen molar-refractivity contribution in [1.82, 2.24) is 9.80 Å². The SMILES string of the molecule is COc1ccc(OCC(O)CN2CCN(C(=O)C3CC3)CC2)cc1. The minimum Gasteiger partial charge on any atom is -0.497 e. The third-order valence-electron chi connectivity index (χ3n) is 4.58. The summed E-state index contributed by atoms with van der Waals surface area (Å²) in [6.07, 6.45) is 1.57. The van der Waals surface area contributed by atoms with Gasteiger partial charge in [0.05, 0.1) is 7.11 Å². The van der Waals surface area contributed by atoms with Crippen LogP contribution in [0.4, 0.5) is 0 Å². The number of hydrogen-bond acceptors (Lipinski definition) is 5. The lowest BCUT2D eigenvalue weighted by atomic mass is 10.2. The molecule has 132 valence electrons. The molecule has 1 aromatic carbocycles. The Balaban J connectivity index is 1.36. The molecule has 1 aliphatic carbocycles. The van der Waals surface area contributed by atoms with E-state index in [1.807, 2.05) is 29.2 Å². The van der Waals surface area contributed by atoms with E-state index in [0.29, 0.717) is 18.4 Å². The van der Waals surface area contributed by atoms with Crippen LogP contribution >= 0.6 is 0 Å². The van der Waals surface area contributed by atoms with Crippen molar-refractivity contribution in [2.24, 2.45) is 5.92 Å². The standard InChI is InChI=1S/C18H26N2O4/c1-23-16-4-6-17(7-5-16)24-13-15(21)12-19-8-10-20(11-9-19)18(22)14-2-3-14/h4-7,14-15,21H,2-3,8-13H2,1H3. The zero-order chi connectivity index (χ0) is 16.9. The smallest absolute Gasteiger partial charge is 0.225 e. The summed E-state index contributed by atoms with van der Waals surface area (Å²) < 4.78 is 10.7. The van der Waals surface area contributed by atoms with Crippen molar-refractivity contribution in [2.75, 3.05) is 46.4 Å². The van der Waals surface area contributed by atoms with E-state index in [1.54, 1.807) is 7.11 Å². The molecule has 1 N–H and O–H groups in total. The topological polar surface area (TPSA) is 62.2 Å². The van der Waals surface area contributed by atoms with Crippen LogP contribution in [-0.2, 0) is 4.79 Å². The molecule has 1 aromatic rings. The van der Waals surface area contributed by atoms with Gasteiger partial charge in [0.2, 0.25) is 5.91 Å². The van der Waals surface area contributed by atoms with E-state index < -0.39 is 6.10 Å². The van der Waals surface area contributed by atoms with Crippen molar-refractivity contribution in [2.45, 2.75) is 18.9 Å². The van der Waals surface area contributed by atoms with Gasteiger partial charge in [0.15, 0.2) is 0 Å². The number of rotatable bonds is 7. The van der Waals surface area contributed by atoms with E-state index in [-0.39, 0.29) is 6.61 Å². The summed E-state index contributed by atoms with van der Waals surface area (Å²) in [5, 5.41) is 10.2. The molecule has 0 aromatic heterocycles. The number of aliphatic hydroxyl groups is 1. The highest BCUT2D eigenvalue weighted by Crippen LogP contribution is 2.31. The van der Waals surface area contributed by atoms with Gasteiger partial charge in [-0.05, 0) is 37.1 Å². The quantitative estimate of drug-likeness (QED) is 0.806. The number of nitrogens with zero attached hydrogens (tertiary/aromatic N) is 2. The molecule has 1 aliphatic heterocycles. The molecular formula is C18H26N2O4. The van der Waals surface area contributed by atoms with E-state index in [2.05, 4.69) is 4.90 Å². The van der Waals surface area contributed by atoms with Gasteiger partial charge >= 0.3 is 0 Å². The summed E-state index contributed by atoms with van der Waals surface area (Å²) >= 11 is 0. The van der Waals surface area contributed by atoms with Gasteiger partial charge < -0.3 is 19.5 Å². The zero-order valence-corrected chi connectivity index (χ0v) is 14.2. The lowest BCUT2D eigenvalue weighted by Crippen LogP contribution is -2.51. The summed E-state index contributed by atoms with van der Waals surface area (Å²) in [6, 6.07) is 7.32. The first kappa shape index (κ1) is 17.0.